The minimum Gasteiger partial charge on any atom is -0.359 e. The molecule has 0 spiro atoms. The maximum absolute atomic E-state index is 11.5. The molecule has 0 unspecified atom stereocenters. The zero-order chi connectivity index (χ0) is 17.8. The lowest BCUT2D eigenvalue weighted by Gasteiger charge is -2.10. The Hall–Kier alpha value is -2.05. The third-order valence-electron chi connectivity index (χ3n) is 3.85. The quantitative estimate of drug-likeness (QED) is 0.449. The molecule has 3 N–H and O–H groups in total. The van der Waals surface area contributed by atoms with Crippen LogP contribution in [0.5, 0.6) is 0 Å². The van der Waals surface area contributed by atoms with Crippen LogP contribution in [0.25, 0.3) is 0 Å². The smallest absolute Gasteiger partial charge is 0.221 e. The highest BCUT2D eigenvalue weighted by molar-refractivity contribution is 5.81. The Morgan fingerprint density at radius 1 is 1.21 bits per heavy atom. The van der Waals surface area contributed by atoms with Gasteiger partial charge in [-0.1, -0.05) is 25.9 Å². The first-order valence-electron chi connectivity index (χ1n) is 8.81. The number of hydrogen-bond donors (Lipinski definition) is 3. The molecule has 0 aliphatic carbocycles. The predicted octanol–water partition coefficient (Wildman–Crippen LogP) is 2.16. The standard InChI is InChI=1S/C17H31N5O2/c1-5-9-19-16(23)8-10-20-17(18-4)21-12-14-11-15(22-24-14)13(6-2)7-3/h11,13H,5-10,12H2,1-4H3,(H,19,23)(H2,18,20,21). The summed E-state index contributed by atoms with van der Waals surface area (Å²) in [7, 11) is 1.70. The fourth-order valence-corrected chi connectivity index (χ4v) is 2.35. The number of aliphatic imine (C=N–C) groups is 1. The van der Waals surface area contributed by atoms with Crippen LogP contribution in [-0.4, -0.2) is 37.2 Å². The van der Waals surface area contributed by atoms with Crippen LogP contribution in [0.15, 0.2) is 15.6 Å². The highest BCUT2D eigenvalue weighted by atomic mass is 16.5. The van der Waals surface area contributed by atoms with Crippen molar-refractivity contribution in [1.29, 1.82) is 0 Å². The van der Waals surface area contributed by atoms with Crippen molar-refractivity contribution in [2.24, 2.45) is 4.99 Å². The van der Waals surface area contributed by atoms with Crippen molar-refractivity contribution in [3.05, 3.63) is 17.5 Å². The molecule has 1 rings (SSSR count). The van der Waals surface area contributed by atoms with Crippen LogP contribution in [0.3, 0.4) is 0 Å². The fourth-order valence-electron chi connectivity index (χ4n) is 2.35. The van der Waals surface area contributed by atoms with Gasteiger partial charge in [-0.3, -0.25) is 9.79 Å². The molecule has 1 aromatic heterocycles. The minimum absolute atomic E-state index is 0.0462. The minimum atomic E-state index is 0.0462. The molecule has 0 aliphatic rings. The molecular weight excluding hydrogens is 306 g/mol. The number of rotatable bonds is 10. The van der Waals surface area contributed by atoms with Crippen molar-refractivity contribution in [3.63, 3.8) is 0 Å². The van der Waals surface area contributed by atoms with Crippen molar-refractivity contribution >= 4 is 11.9 Å². The lowest BCUT2D eigenvalue weighted by atomic mass is 9.99. The Morgan fingerprint density at radius 2 is 1.96 bits per heavy atom. The Kier molecular flexibility index (Phi) is 9.56. The van der Waals surface area contributed by atoms with Crippen molar-refractivity contribution in [1.82, 2.24) is 21.1 Å². The van der Waals surface area contributed by atoms with Gasteiger partial charge in [0.05, 0.1) is 12.2 Å². The highest BCUT2D eigenvalue weighted by Gasteiger charge is 2.13. The molecule has 0 saturated heterocycles. The number of nitrogens with zero attached hydrogens (tertiary/aromatic N) is 2. The van der Waals surface area contributed by atoms with Gasteiger partial charge in [-0.15, -0.1) is 0 Å². The van der Waals surface area contributed by atoms with E-state index in [0.717, 1.165) is 37.3 Å². The van der Waals surface area contributed by atoms with Gasteiger partial charge in [-0.2, -0.15) is 0 Å². The van der Waals surface area contributed by atoms with Gasteiger partial charge in [0, 0.05) is 38.5 Å². The van der Waals surface area contributed by atoms with E-state index in [1.807, 2.05) is 13.0 Å². The number of carbonyl (C=O) groups excluding carboxylic acids is 1. The summed E-state index contributed by atoms with van der Waals surface area (Å²) in [5, 5.41) is 13.3. The summed E-state index contributed by atoms with van der Waals surface area (Å²) in [5.41, 5.74) is 1.01. The van der Waals surface area contributed by atoms with Gasteiger partial charge in [-0.25, -0.2) is 0 Å². The summed E-state index contributed by atoms with van der Waals surface area (Å²) in [6.07, 6.45) is 3.47. The lowest BCUT2D eigenvalue weighted by molar-refractivity contribution is -0.120. The topological polar surface area (TPSA) is 91.5 Å². The van der Waals surface area contributed by atoms with Crippen LogP contribution in [0, 0.1) is 0 Å². The van der Waals surface area contributed by atoms with Gasteiger partial charge in [-0.05, 0) is 19.3 Å². The lowest BCUT2D eigenvalue weighted by Crippen LogP contribution is -2.39. The molecule has 1 heterocycles. The van der Waals surface area contributed by atoms with Crippen LogP contribution < -0.4 is 16.0 Å². The van der Waals surface area contributed by atoms with Crippen LogP contribution in [0.2, 0.25) is 0 Å². The Bertz CT molecular complexity index is 509. The third-order valence-corrected chi connectivity index (χ3v) is 3.85. The maximum Gasteiger partial charge on any atom is 0.221 e. The summed E-state index contributed by atoms with van der Waals surface area (Å²) in [6.45, 7) is 8.10. The van der Waals surface area contributed by atoms with Crippen molar-refractivity contribution in [2.45, 2.75) is 58.9 Å². The predicted molar refractivity (Wildman–Crippen MR) is 95.9 cm³/mol. The molecule has 0 bridgehead atoms. The average molecular weight is 337 g/mol. The molecule has 0 saturated carbocycles. The van der Waals surface area contributed by atoms with E-state index >= 15 is 0 Å². The molecule has 0 atom stereocenters. The second-order valence-electron chi connectivity index (χ2n) is 5.68. The van der Waals surface area contributed by atoms with E-state index in [2.05, 4.69) is 39.9 Å². The molecule has 0 aromatic carbocycles. The normalized spacial score (nSPS) is 11.6. The van der Waals surface area contributed by atoms with Gasteiger partial charge in [0.15, 0.2) is 11.7 Å². The first-order chi connectivity index (χ1) is 11.6. The zero-order valence-electron chi connectivity index (χ0n) is 15.3. The number of guanidine groups is 1. The number of amides is 1. The molecule has 7 heteroatoms. The van der Waals surface area contributed by atoms with Crippen LogP contribution in [0.1, 0.15) is 63.8 Å². The van der Waals surface area contributed by atoms with Gasteiger partial charge in [0.2, 0.25) is 5.91 Å². The van der Waals surface area contributed by atoms with Crippen molar-refractivity contribution < 1.29 is 9.32 Å². The molecule has 136 valence electrons. The van der Waals surface area contributed by atoms with Gasteiger partial charge >= 0.3 is 0 Å². The van der Waals surface area contributed by atoms with E-state index in [1.165, 1.54) is 0 Å². The van der Waals surface area contributed by atoms with Crippen LogP contribution >= 0.6 is 0 Å². The Morgan fingerprint density at radius 3 is 2.58 bits per heavy atom. The van der Waals surface area contributed by atoms with Gasteiger partial charge in [0.1, 0.15) is 0 Å². The van der Waals surface area contributed by atoms with Gasteiger partial charge in [0.25, 0.3) is 0 Å². The maximum atomic E-state index is 11.5. The molecule has 1 amide bonds. The van der Waals surface area contributed by atoms with E-state index < -0.39 is 0 Å². The second kappa shape index (κ2) is 11.5. The number of carbonyl (C=O) groups is 1. The summed E-state index contributed by atoms with van der Waals surface area (Å²) in [5.74, 6) is 1.91. The van der Waals surface area contributed by atoms with Crippen LogP contribution in [0.4, 0.5) is 0 Å². The van der Waals surface area contributed by atoms with E-state index in [0.29, 0.717) is 31.4 Å². The Balaban J connectivity index is 2.35. The number of aromatic nitrogens is 1. The molecular formula is C17H31N5O2. The summed E-state index contributed by atoms with van der Waals surface area (Å²) < 4.78 is 5.37. The SMILES string of the molecule is CCCNC(=O)CCNC(=NC)NCc1cc(C(CC)CC)no1. The van der Waals surface area contributed by atoms with E-state index in [9.17, 15) is 4.79 Å². The molecule has 7 nitrogen and oxygen atoms in total. The van der Waals surface area contributed by atoms with E-state index in [1.54, 1.807) is 7.05 Å². The molecule has 1 aromatic rings. The zero-order valence-corrected chi connectivity index (χ0v) is 15.3. The molecule has 0 aliphatic heterocycles. The van der Waals surface area contributed by atoms with Crippen LogP contribution in [-0.2, 0) is 11.3 Å². The average Bonchev–Trinajstić information content (AvgIpc) is 3.06. The molecule has 0 radical (unpaired) electrons. The molecule has 0 fully saturated rings. The first kappa shape index (κ1) is 20.0. The van der Waals surface area contributed by atoms with E-state index in [4.69, 9.17) is 4.52 Å². The third kappa shape index (κ3) is 7.02. The molecule has 24 heavy (non-hydrogen) atoms. The largest absolute Gasteiger partial charge is 0.359 e. The Labute approximate surface area is 144 Å². The first-order valence-corrected chi connectivity index (χ1v) is 8.81. The van der Waals surface area contributed by atoms with E-state index in [-0.39, 0.29) is 5.91 Å². The van der Waals surface area contributed by atoms with Crippen molar-refractivity contribution in [2.75, 3.05) is 20.1 Å². The van der Waals surface area contributed by atoms with Gasteiger partial charge < -0.3 is 20.5 Å². The highest BCUT2D eigenvalue weighted by Crippen LogP contribution is 2.22. The monoisotopic (exact) mass is 337 g/mol. The number of hydrogen-bond acceptors (Lipinski definition) is 4. The summed E-state index contributed by atoms with van der Waals surface area (Å²) in [4.78, 5) is 15.7. The van der Waals surface area contributed by atoms with Crippen molar-refractivity contribution in [3.8, 4) is 0 Å². The fraction of sp³-hybridized carbons (Fsp3) is 0.706. The summed E-state index contributed by atoms with van der Waals surface area (Å²) >= 11 is 0. The number of nitrogens with one attached hydrogen (secondary N) is 3. The second-order valence-corrected chi connectivity index (χ2v) is 5.68. The summed E-state index contributed by atoms with van der Waals surface area (Å²) in [6, 6.07) is 2.00.